The molecular weight excluding hydrogens is 743 g/mol. The van der Waals surface area contributed by atoms with E-state index >= 15 is 0 Å². The number of rotatable bonds is 4. The molecule has 3 aliphatic heterocycles. The molecule has 5 atom stereocenters. The molecule has 1 aromatic carbocycles. The maximum absolute atomic E-state index is 14.6. The molecule has 4 N–H and O–H groups in total. The molecule has 5 aliphatic rings. The summed E-state index contributed by atoms with van der Waals surface area (Å²) >= 11 is 6.25. The Labute approximate surface area is 308 Å². The first-order valence-corrected chi connectivity index (χ1v) is 19.5. The number of aryl methyl sites for hydroxylation is 1. The van der Waals surface area contributed by atoms with E-state index in [0.29, 0.717) is 43.9 Å². The van der Waals surface area contributed by atoms with Gasteiger partial charge in [-0.3, -0.25) is 19.1 Å². The van der Waals surface area contributed by atoms with Crippen molar-refractivity contribution in [2.45, 2.75) is 112 Å². The van der Waals surface area contributed by atoms with Crippen LogP contribution in [0.15, 0.2) is 30.4 Å². The maximum Gasteiger partial charge on any atom is 0.437 e. The molecule has 18 heteroatoms. The Kier molecular flexibility index (Phi) is 9.14. The molecule has 13 nitrogen and oxygen atoms in total. The Bertz CT molecular complexity index is 2040. The molecule has 0 radical (unpaired) electrons. The van der Waals surface area contributed by atoms with Gasteiger partial charge in [0.1, 0.15) is 23.2 Å². The van der Waals surface area contributed by atoms with Gasteiger partial charge in [-0.25, -0.2) is 18.2 Å². The van der Waals surface area contributed by atoms with Crippen molar-refractivity contribution in [2.75, 3.05) is 6.54 Å². The molecule has 2 saturated carbocycles. The number of amides is 4. The molecular formula is C35H39ClF3N5O8S. The third-order valence-corrected chi connectivity index (χ3v) is 13.8. The van der Waals surface area contributed by atoms with E-state index in [1.165, 1.54) is 13.0 Å². The van der Waals surface area contributed by atoms with Crippen LogP contribution in [0.2, 0.25) is 5.02 Å². The van der Waals surface area contributed by atoms with Gasteiger partial charge in [0.2, 0.25) is 21.8 Å². The van der Waals surface area contributed by atoms with Gasteiger partial charge < -0.3 is 25.4 Å². The minimum atomic E-state index is -4.96. The summed E-state index contributed by atoms with van der Waals surface area (Å²) in [5.74, 6) is -3.67. The van der Waals surface area contributed by atoms with Crippen LogP contribution in [0.1, 0.15) is 82.4 Å². The van der Waals surface area contributed by atoms with Crippen LogP contribution in [0.5, 0.6) is 5.75 Å². The van der Waals surface area contributed by atoms with E-state index in [4.69, 9.17) is 16.3 Å². The normalized spacial score (nSPS) is 29.8. The number of fused-ring (bicyclic) bond motifs is 5. The number of allylic oxidation sites excluding steroid dienone is 1. The average Bonchev–Trinajstić information content (AvgIpc) is 3.97. The van der Waals surface area contributed by atoms with E-state index in [9.17, 15) is 45.9 Å². The average molecular weight is 782 g/mol. The van der Waals surface area contributed by atoms with Crippen molar-refractivity contribution in [3.8, 4) is 5.75 Å². The summed E-state index contributed by atoms with van der Waals surface area (Å²) in [6.45, 7) is 1.14. The predicted molar refractivity (Wildman–Crippen MR) is 184 cm³/mol. The summed E-state index contributed by atoms with van der Waals surface area (Å²) in [5.41, 5.74) is -4.37. The number of alkyl halides is 3. The molecule has 4 heterocycles. The number of sulfonamides is 1. The van der Waals surface area contributed by atoms with Gasteiger partial charge in [0.15, 0.2) is 11.4 Å². The molecule has 4 amide bonds. The summed E-state index contributed by atoms with van der Waals surface area (Å²) < 4.78 is 77.2. The number of nitrogens with one attached hydrogen (secondary N) is 3. The molecule has 1 aromatic heterocycles. The highest BCUT2D eigenvalue weighted by molar-refractivity contribution is 7.91. The molecule has 1 saturated heterocycles. The number of halogens is 4. The summed E-state index contributed by atoms with van der Waals surface area (Å²) in [6, 6.07) is 1.89. The summed E-state index contributed by atoms with van der Waals surface area (Å²) in [5, 5.41) is 15.0. The first-order valence-electron chi connectivity index (χ1n) is 17.6. The Balaban J connectivity index is 1.27. The molecule has 1 spiro atoms. The smallest absolute Gasteiger partial charge is 0.437 e. The molecule has 0 bridgehead atoms. The Morgan fingerprint density at radius 2 is 1.89 bits per heavy atom. The monoisotopic (exact) mass is 781 g/mol. The van der Waals surface area contributed by atoms with Crippen molar-refractivity contribution in [3.63, 3.8) is 0 Å². The van der Waals surface area contributed by atoms with Crippen molar-refractivity contribution < 1.29 is 50.6 Å². The topological polar surface area (TPSA) is 184 Å². The highest BCUT2D eigenvalue weighted by atomic mass is 35.5. The van der Waals surface area contributed by atoms with Crippen molar-refractivity contribution in [2.24, 2.45) is 5.92 Å². The van der Waals surface area contributed by atoms with Gasteiger partial charge in [0.25, 0.3) is 5.91 Å². The van der Waals surface area contributed by atoms with Gasteiger partial charge >= 0.3 is 12.3 Å². The maximum atomic E-state index is 14.6. The number of nitrogens with zero attached hydrogens (tertiary/aromatic N) is 2. The third-order valence-electron chi connectivity index (χ3n) is 11.4. The van der Waals surface area contributed by atoms with E-state index < -0.39 is 85.3 Å². The highest BCUT2D eigenvalue weighted by Crippen LogP contribution is 2.50. The molecule has 7 rings (SSSR count). The second-order valence-corrected chi connectivity index (χ2v) is 17.7. The van der Waals surface area contributed by atoms with Gasteiger partial charge in [-0.2, -0.15) is 13.2 Å². The van der Waals surface area contributed by atoms with Gasteiger partial charge in [0, 0.05) is 23.3 Å². The summed E-state index contributed by atoms with van der Waals surface area (Å²) in [6.07, 6.45) is 0.199. The van der Waals surface area contributed by atoms with Crippen molar-refractivity contribution in [1.82, 2.24) is 25.2 Å². The second-order valence-electron chi connectivity index (χ2n) is 15.1. The lowest BCUT2D eigenvalue weighted by Gasteiger charge is -2.37. The van der Waals surface area contributed by atoms with Crippen LogP contribution in [0.4, 0.5) is 18.0 Å². The number of pyridine rings is 1. The summed E-state index contributed by atoms with van der Waals surface area (Å²) in [7, 11) is -4.09. The van der Waals surface area contributed by atoms with Gasteiger partial charge in [0.05, 0.1) is 21.8 Å². The lowest BCUT2D eigenvalue weighted by atomic mass is 9.87. The Hall–Kier alpha value is -4.12. The van der Waals surface area contributed by atoms with Gasteiger partial charge in [-0.05, 0) is 64.4 Å². The summed E-state index contributed by atoms with van der Waals surface area (Å²) in [4.78, 5) is 59.2. The van der Waals surface area contributed by atoms with Crippen LogP contribution in [-0.2, 0) is 37.0 Å². The van der Waals surface area contributed by atoms with E-state index in [0.717, 1.165) is 4.90 Å². The van der Waals surface area contributed by atoms with Gasteiger partial charge in [-0.1, -0.05) is 48.7 Å². The number of para-hydroxylation sites is 1. The van der Waals surface area contributed by atoms with Crippen molar-refractivity contribution in [1.29, 1.82) is 0 Å². The number of carboxylic acid groups (broad SMARTS) is 1. The number of hydrogen-bond donors (Lipinski definition) is 4. The highest BCUT2D eigenvalue weighted by Gasteiger charge is 2.64. The molecule has 286 valence electrons. The first-order chi connectivity index (χ1) is 24.9. The van der Waals surface area contributed by atoms with Crippen LogP contribution in [-0.4, -0.2) is 81.7 Å². The zero-order valence-corrected chi connectivity index (χ0v) is 30.3. The van der Waals surface area contributed by atoms with Crippen LogP contribution in [0, 0.1) is 5.92 Å². The fourth-order valence-electron chi connectivity index (χ4n) is 7.86. The van der Waals surface area contributed by atoms with Crippen LogP contribution in [0.25, 0.3) is 10.9 Å². The van der Waals surface area contributed by atoms with Gasteiger partial charge in [-0.15, -0.1) is 0 Å². The number of ether oxygens (including phenoxy) is 1. The SMILES string of the molecule is CC1(S(=O)(=O)NC(=O)[C@@]23C[C@H]2C=CCCCCC[C@H](NC(=O)O)C(=O)N2C[C@@]4(CCc5c(c(C(F)(F)F)nc6c(Cl)cccc56)O4)C[C@H]2C(=O)N3)CC1. The quantitative estimate of drug-likeness (QED) is 0.322. The molecule has 3 fully saturated rings. The zero-order chi connectivity index (χ0) is 38.1. The van der Waals surface area contributed by atoms with Crippen molar-refractivity contribution >= 4 is 56.3 Å². The first kappa shape index (κ1) is 37.2. The van der Waals surface area contributed by atoms with Crippen LogP contribution in [0.3, 0.4) is 0 Å². The molecule has 0 unspecified atom stereocenters. The fourth-order valence-corrected chi connectivity index (χ4v) is 9.39. The third kappa shape index (κ3) is 6.78. The number of carbonyl (C=O) groups excluding carboxylic acids is 3. The molecule has 2 aromatic rings. The van der Waals surface area contributed by atoms with E-state index in [-0.39, 0.29) is 54.8 Å². The van der Waals surface area contributed by atoms with E-state index in [2.05, 4.69) is 20.3 Å². The minimum Gasteiger partial charge on any atom is -0.483 e. The Morgan fingerprint density at radius 1 is 1.13 bits per heavy atom. The molecule has 2 aliphatic carbocycles. The number of benzene rings is 1. The van der Waals surface area contributed by atoms with Crippen LogP contribution < -0.4 is 20.1 Å². The van der Waals surface area contributed by atoms with Crippen molar-refractivity contribution in [3.05, 3.63) is 46.6 Å². The van der Waals surface area contributed by atoms with Crippen LogP contribution >= 0.6 is 11.6 Å². The standard InChI is InChI=1S/C35H39ClF3N5O8S/c1-32(14-15-32)53(50,51)43-30(47)34-16-19(34)8-5-3-2-4-6-11-23(40-31(48)49)29(46)44-18-33(17-24(44)28(45)42-34)13-12-21-20-9-7-10-22(36)25(20)41-27(26(21)52-33)35(37,38)39/h5,7-10,19,23-24,40H,2-4,6,11-18H2,1H3,(H,42,45)(H,43,47)(H,48,49)/t19-,23+,24+,33-,34-/m1/s1. The van der Waals surface area contributed by atoms with E-state index in [1.54, 1.807) is 18.2 Å². The largest absolute Gasteiger partial charge is 0.483 e. The van der Waals surface area contributed by atoms with E-state index in [1.807, 2.05) is 6.08 Å². The Morgan fingerprint density at radius 3 is 2.58 bits per heavy atom. The minimum absolute atomic E-state index is 0.0207. The lowest BCUT2D eigenvalue weighted by molar-refractivity contribution is -0.144. The number of aromatic nitrogens is 1. The number of carbonyl (C=O) groups is 4. The second kappa shape index (κ2) is 13.0. The fraction of sp³-hybridized carbons (Fsp3) is 0.571. The molecule has 53 heavy (non-hydrogen) atoms. The zero-order valence-electron chi connectivity index (χ0n) is 28.7. The predicted octanol–water partition coefficient (Wildman–Crippen LogP) is 4.60. The lowest BCUT2D eigenvalue weighted by Crippen LogP contribution is -2.58. The number of hydrogen-bond acceptors (Lipinski definition) is 8.